The number of amides is 3. The lowest BCUT2D eigenvalue weighted by molar-refractivity contribution is -0.922. The summed E-state index contributed by atoms with van der Waals surface area (Å²) >= 11 is 0. The first-order valence-corrected chi connectivity index (χ1v) is 10.2. The number of anilines is 1. The molecular weight excluding hydrogens is 358 g/mol. The van der Waals surface area contributed by atoms with Crippen LogP contribution < -0.4 is 14.5 Å². The van der Waals surface area contributed by atoms with Gasteiger partial charge in [0.05, 0.1) is 38.2 Å². The standard InChI is InChI=1S/C21H27N3O4/c1-28-17-8-6-16(7-9-17)24-19(25)13-18(21(24)27)23-12-4-5-15(14-23)20(26)22-10-2-3-11-22/h6-9,15,18H,2-5,10-14H2,1H3/p+1/t15-,18-/m0/s1. The average Bonchev–Trinajstić information content (AvgIpc) is 3.36. The van der Waals surface area contributed by atoms with Crippen molar-refractivity contribution in [2.24, 2.45) is 5.92 Å². The van der Waals surface area contributed by atoms with Gasteiger partial charge in [0, 0.05) is 13.1 Å². The monoisotopic (exact) mass is 386 g/mol. The third-order valence-electron chi connectivity index (χ3n) is 6.30. The third kappa shape index (κ3) is 3.51. The van der Waals surface area contributed by atoms with E-state index in [4.69, 9.17) is 4.74 Å². The van der Waals surface area contributed by atoms with Crippen LogP contribution in [0.2, 0.25) is 0 Å². The van der Waals surface area contributed by atoms with Gasteiger partial charge in [0.1, 0.15) is 5.75 Å². The summed E-state index contributed by atoms with van der Waals surface area (Å²) < 4.78 is 5.15. The number of ether oxygens (including phenoxy) is 1. The zero-order chi connectivity index (χ0) is 19.7. The minimum atomic E-state index is -0.385. The van der Waals surface area contributed by atoms with Crippen LogP contribution in [0.25, 0.3) is 0 Å². The molecule has 0 spiro atoms. The van der Waals surface area contributed by atoms with Crippen molar-refractivity contribution in [1.82, 2.24) is 4.90 Å². The fraction of sp³-hybridized carbons (Fsp3) is 0.571. The summed E-state index contributed by atoms with van der Waals surface area (Å²) in [5.41, 5.74) is 0.583. The smallest absolute Gasteiger partial charge is 0.292 e. The third-order valence-corrected chi connectivity index (χ3v) is 6.30. The summed E-state index contributed by atoms with van der Waals surface area (Å²) in [5.74, 6) is 0.572. The lowest BCUT2D eigenvalue weighted by Gasteiger charge is -2.33. The number of quaternary nitrogens is 1. The maximum Gasteiger partial charge on any atom is 0.292 e. The van der Waals surface area contributed by atoms with Crippen molar-refractivity contribution in [1.29, 1.82) is 0 Å². The van der Waals surface area contributed by atoms with E-state index >= 15 is 0 Å². The molecule has 3 saturated heterocycles. The number of piperidine rings is 1. The molecule has 150 valence electrons. The van der Waals surface area contributed by atoms with Gasteiger partial charge in [-0.05, 0) is 49.9 Å². The Bertz CT molecular complexity index is 757. The van der Waals surface area contributed by atoms with Crippen LogP contribution in [-0.2, 0) is 14.4 Å². The Balaban J connectivity index is 1.45. The number of carbonyl (C=O) groups excluding carboxylic acids is 3. The van der Waals surface area contributed by atoms with Gasteiger partial charge in [-0.15, -0.1) is 0 Å². The number of imide groups is 1. The van der Waals surface area contributed by atoms with E-state index in [1.54, 1.807) is 31.4 Å². The number of methoxy groups -OCH3 is 1. The number of hydrogen-bond acceptors (Lipinski definition) is 4. The van der Waals surface area contributed by atoms with Crippen LogP contribution in [0.3, 0.4) is 0 Å². The highest BCUT2D eigenvalue weighted by atomic mass is 16.5. The molecule has 0 bridgehead atoms. The fourth-order valence-electron chi connectivity index (χ4n) is 4.77. The van der Waals surface area contributed by atoms with Gasteiger partial charge in [-0.2, -0.15) is 0 Å². The Morgan fingerprint density at radius 2 is 1.82 bits per heavy atom. The second kappa shape index (κ2) is 7.91. The Hall–Kier alpha value is -2.41. The predicted molar refractivity (Wildman–Crippen MR) is 103 cm³/mol. The molecule has 7 nitrogen and oxygen atoms in total. The zero-order valence-electron chi connectivity index (χ0n) is 16.4. The van der Waals surface area contributed by atoms with Crippen LogP contribution >= 0.6 is 0 Å². The molecule has 4 rings (SSSR count). The minimum absolute atomic E-state index is 0.0280. The molecule has 3 amide bonds. The Morgan fingerprint density at radius 1 is 1.11 bits per heavy atom. The molecule has 0 saturated carbocycles. The van der Waals surface area contributed by atoms with E-state index in [2.05, 4.69) is 0 Å². The highest BCUT2D eigenvalue weighted by Crippen LogP contribution is 2.25. The van der Waals surface area contributed by atoms with Crippen LogP contribution in [0, 0.1) is 5.92 Å². The molecule has 3 atom stereocenters. The summed E-state index contributed by atoms with van der Waals surface area (Å²) in [4.78, 5) is 42.8. The van der Waals surface area contributed by atoms with Crippen LogP contribution in [0.1, 0.15) is 32.1 Å². The molecule has 3 heterocycles. The maximum atomic E-state index is 13.1. The van der Waals surface area contributed by atoms with Crippen LogP contribution in [0.4, 0.5) is 5.69 Å². The highest BCUT2D eigenvalue weighted by molar-refractivity contribution is 6.21. The summed E-state index contributed by atoms with van der Waals surface area (Å²) in [6.45, 7) is 3.20. The van der Waals surface area contributed by atoms with Gasteiger partial charge in [0.25, 0.3) is 5.91 Å². The molecule has 3 fully saturated rings. The molecule has 1 aromatic rings. The van der Waals surface area contributed by atoms with Crippen LogP contribution in [0.5, 0.6) is 5.75 Å². The molecule has 0 aromatic heterocycles. The molecular formula is C21H28N3O4+. The van der Waals surface area contributed by atoms with Gasteiger partial charge in [-0.25, -0.2) is 4.90 Å². The van der Waals surface area contributed by atoms with Gasteiger partial charge < -0.3 is 14.5 Å². The Kier molecular flexibility index (Phi) is 5.35. The summed E-state index contributed by atoms with van der Waals surface area (Å²) in [6, 6.07) is 6.59. The number of rotatable bonds is 4. The molecule has 1 unspecified atom stereocenters. The van der Waals surface area contributed by atoms with E-state index in [1.807, 2.05) is 4.90 Å². The normalized spacial score (nSPS) is 28.1. The van der Waals surface area contributed by atoms with E-state index in [0.29, 0.717) is 18.0 Å². The van der Waals surface area contributed by atoms with Crippen molar-refractivity contribution >= 4 is 23.4 Å². The average molecular weight is 386 g/mol. The highest BCUT2D eigenvalue weighted by Gasteiger charge is 2.47. The number of nitrogens with zero attached hydrogens (tertiary/aromatic N) is 2. The largest absolute Gasteiger partial charge is 0.497 e. The summed E-state index contributed by atoms with van der Waals surface area (Å²) in [5, 5.41) is 0. The molecule has 0 radical (unpaired) electrons. The molecule has 1 aromatic carbocycles. The maximum absolute atomic E-state index is 13.1. The second-order valence-electron chi connectivity index (χ2n) is 8.01. The topological polar surface area (TPSA) is 71.4 Å². The number of carbonyl (C=O) groups is 3. The number of benzene rings is 1. The van der Waals surface area contributed by atoms with Crippen LogP contribution in [0.15, 0.2) is 24.3 Å². The van der Waals surface area contributed by atoms with E-state index in [-0.39, 0.29) is 36.1 Å². The molecule has 28 heavy (non-hydrogen) atoms. The first-order valence-electron chi connectivity index (χ1n) is 10.2. The number of nitrogens with one attached hydrogen (secondary N) is 1. The Morgan fingerprint density at radius 3 is 2.50 bits per heavy atom. The number of likely N-dealkylation sites (tertiary alicyclic amines) is 2. The minimum Gasteiger partial charge on any atom is -0.497 e. The van der Waals surface area contributed by atoms with Gasteiger partial charge in [-0.3, -0.25) is 14.4 Å². The van der Waals surface area contributed by atoms with Gasteiger partial charge in [0.2, 0.25) is 11.8 Å². The lowest BCUT2D eigenvalue weighted by atomic mass is 9.95. The molecule has 3 aliphatic heterocycles. The zero-order valence-corrected chi connectivity index (χ0v) is 16.4. The van der Waals surface area contributed by atoms with Crippen LogP contribution in [-0.4, -0.2) is 62.0 Å². The first kappa shape index (κ1) is 18.9. The molecule has 7 heteroatoms. The van der Waals surface area contributed by atoms with E-state index in [1.165, 1.54) is 4.90 Å². The van der Waals surface area contributed by atoms with Crippen molar-refractivity contribution in [3.05, 3.63) is 24.3 Å². The summed E-state index contributed by atoms with van der Waals surface area (Å²) in [6.07, 6.45) is 4.18. The van der Waals surface area contributed by atoms with Gasteiger partial charge in [-0.1, -0.05) is 0 Å². The lowest BCUT2D eigenvalue weighted by Crippen LogP contribution is -3.18. The molecule has 1 N–H and O–H groups in total. The molecule has 3 aliphatic rings. The van der Waals surface area contributed by atoms with E-state index in [0.717, 1.165) is 50.2 Å². The quantitative estimate of drug-likeness (QED) is 0.753. The van der Waals surface area contributed by atoms with E-state index in [9.17, 15) is 14.4 Å². The van der Waals surface area contributed by atoms with Crippen molar-refractivity contribution < 1.29 is 24.0 Å². The van der Waals surface area contributed by atoms with Gasteiger partial charge in [0.15, 0.2) is 6.04 Å². The van der Waals surface area contributed by atoms with Crippen molar-refractivity contribution in [2.75, 3.05) is 38.2 Å². The fourth-order valence-corrected chi connectivity index (χ4v) is 4.77. The summed E-state index contributed by atoms with van der Waals surface area (Å²) in [7, 11) is 1.58. The van der Waals surface area contributed by atoms with Crippen molar-refractivity contribution in [3.63, 3.8) is 0 Å². The van der Waals surface area contributed by atoms with Crippen molar-refractivity contribution in [2.45, 2.75) is 38.1 Å². The predicted octanol–water partition coefficient (Wildman–Crippen LogP) is 0.244. The number of hydrogen-bond donors (Lipinski definition) is 1. The van der Waals surface area contributed by atoms with Gasteiger partial charge >= 0.3 is 0 Å². The molecule has 0 aliphatic carbocycles. The first-order chi connectivity index (χ1) is 13.6. The van der Waals surface area contributed by atoms with Crippen molar-refractivity contribution in [3.8, 4) is 5.75 Å². The second-order valence-corrected chi connectivity index (χ2v) is 8.01. The Labute approximate surface area is 165 Å². The van der Waals surface area contributed by atoms with E-state index < -0.39 is 0 Å². The SMILES string of the molecule is COc1ccc(N2C(=O)C[C@H]([NH+]3CCC[C@H](C(=O)N4CCCC4)C3)C2=O)cc1.